The van der Waals surface area contributed by atoms with Gasteiger partial charge in [0, 0.05) is 23.2 Å². The van der Waals surface area contributed by atoms with Crippen LogP contribution in [-0.2, 0) is 0 Å². The standard InChI is InChI=1S/C11H8ClN3S/c12-7-3-6-4-15-11-8(1-2-16-11)9(13)10(6)14-5-7/h1-5,15H,13H2. The Kier molecular flexibility index (Phi) is 2.12. The van der Waals surface area contributed by atoms with E-state index in [0.717, 1.165) is 21.1 Å². The first-order valence-electron chi connectivity index (χ1n) is 4.71. The molecule has 0 spiro atoms. The molecule has 3 N–H and O–H groups in total. The molecule has 5 heteroatoms. The molecule has 1 aliphatic rings. The van der Waals surface area contributed by atoms with Crippen molar-refractivity contribution in [1.82, 2.24) is 4.98 Å². The number of hydrogen-bond donors (Lipinski definition) is 2. The van der Waals surface area contributed by atoms with Gasteiger partial charge in [-0.1, -0.05) is 11.6 Å². The number of anilines is 1. The quantitative estimate of drug-likeness (QED) is 0.735. The van der Waals surface area contributed by atoms with Crippen molar-refractivity contribution in [3.8, 4) is 0 Å². The van der Waals surface area contributed by atoms with Crippen LogP contribution in [0.25, 0.3) is 11.9 Å². The molecule has 0 saturated carbocycles. The number of fused-ring (bicyclic) bond motifs is 2. The third kappa shape index (κ3) is 1.38. The van der Waals surface area contributed by atoms with Crippen molar-refractivity contribution in [1.29, 1.82) is 0 Å². The van der Waals surface area contributed by atoms with E-state index in [4.69, 9.17) is 17.3 Å². The van der Waals surface area contributed by atoms with Crippen LogP contribution in [0.2, 0.25) is 5.02 Å². The van der Waals surface area contributed by atoms with Gasteiger partial charge in [0.05, 0.1) is 16.1 Å². The van der Waals surface area contributed by atoms with Crippen LogP contribution >= 0.6 is 22.9 Å². The van der Waals surface area contributed by atoms with Gasteiger partial charge in [0.2, 0.25) is 0 Å². The number of thiophene rings is 1. The average molecular weight is 250 g/mol. The normalized spacial score (nSPS) is 13.2. The topological polar surface area (TPSA) is 50.9 Å². The van der Waals surface area contributed by atoms with E-state index in [9.17, 15) is 0 Å². The first-order chi connectivity index (χ1) is 7.75. The van der Waals surface area contributed by atoms with Crippen molar-refractivity contribution in [2.45, 2.75) is 0 Å². The molecule has 0 unspecified atom stereocenters. The maximum Gasteiger partial charge on any atom is 0.102 e. The summed E-state index contributed by atoms with van der Waals surface area (Å²) < 4.78 is 0. The highest BCUT2D eigenvalue weighted by atomic mass is 35.5. The second-order valence-corrected chi connectivity index (χ2v) is 4.81. The van der Waals surface area contributed by atoms with Gasteiger partial charge in [-0.3, -0.25) is 4.98 Å². The summed E-state index contributed by atoms with van der Waals surface area (Å²) in [6.07, 6.45) is 3.49. The number of aromatic nitrogens is 1. The Labute approximate surface area is 101 Å². The van der Waals surface area contributed by atoms with Gasteiger partial charge in [0.15, 0.2) is 0 Å². The molecule has 0 bridgehead atoms. The van der Waals surface area contributed by atoms with Crippen molar-refractivity contribution in [3.63, 3.8) is 0 Å². The van der Waals surface area contributed by atoms with Gasteiger partial charge >= 0.3 is 0 Å². The molecule has 3 heterocycles. The van der Waals surface area contributed by atoms with Gasteiger partial charge in [0.25, 0.3) is 0 Å². The number of nitrogens with two attached hydrogens (primary N) is 1. The van der Waals surface area contributed by atoms with Crippen LogP contribution in [0.1, 0.15) is 5.56 Å². The third-order valence-corrected chi connectivity index (χ3v) is 3.51. The Morgan fingerprint density at radius 1 is 1.44 bits per heavy atom. The summed E-state index contributed by atoms with van der Waals surface area (Å²) in [5, 5.41) is 8.54. The molecule has 0 aliphatic carbocycles. The summed E-state index contributed by atoms with van der Waals surface area (Å²) in [6, 6.07) is 3.84. The largest absolute Gasteiger partial charge is 0.396 e. The van der Waals surface area contributed by atoms with E-state index in [-0.39, 0.29) is 0 Å². The summed E-state index contributed by atoms with van der Waals surface area (Å²) >= 11 is 7.52. The van der Waals surface area contributed by atoms with Crippen LogP contribution in [0.15, 0.2) is 23.7 Å². The zero-order chi connectivity index (χ0) is 11.1. The maximum absolute atomic E-state index is 6.11. The SMILES string of the molecule is NC1=c2ncc(Cl)cc2=CNc2sccc21. The van der Waals surface area contributed by atoms with Crippen molar-refractivity contribution in [2.24, 2.45) is 5.73 Å². The molecular weight excluding hydrogens is 242 g/mol. The maximum atomic E-state index is 6.11. The minimum absolute atomic E-state index is 0.606. The fraction of sp³-hybridized carbons (Fsp3) is 0. The van der Waals surface area contributed by atoms with E-state index in [1.54, 1.807) is 17.5 Å². The second-order valence-electron chi connectivity index (χ2n) is 3.46. The van der Waals surface area contributed by atoms with E-state index in [0.29, 0.717) is 10.7 Å². The number of halogens is 1. The Hall–Kier alpha value is -1.52. The highest BCUT2D eigenvalue weighted by Gasteiger charge is 2.10. The Balaban J connectivity index is 2.44. The Morgan fingerprint density at radius 3 is 3.19 bits per heavy atom. The second kappa shape index (κ2) is 3.50. The van der Waals surface area contributed by atoms with Crippen molar-refractivity contribution >= 4 is 39.8 Å². The van der Waals surface area contributed by atoms with Crippen molar-refractivity contribution in [2.75, 3.05) is 5.32 Å². The van der Waals surface area contributed by atoms with Crippen LogP contribution in [0.3, 0.4) is 0 Å². The Morgan fingerprint density at radius 2 is 2.31 bits per heavy atom. The van der Waals surface area contributed by atoms with Crippen molar-refractivity contribution in [3.05, 3.63) is 44.9 Å². The fourth-order valence-corrected chi connectivity index (χ4v) is 2.63. The molecule has 0 amide bonds. The van der Waals surface area contributed by atoms with Gasteiger partial charge < -0.3 is 11.1 Å². The summed E-state index contributed by atoms with van der Waals surface area (Å²) in [4.78, 5) is 4.28. The van der Waals surface area contributed by atoms with Gasteiger partial charge in [-0.2, -0.15) is 0 Å². The molecule has 80 valence electrons. The van der Waals surface area contributed by atoms with Crippen LogP contribution in [0, 0.1) is 0 Å². The zero-order valence-electron chi connectivity index (χ0n) is 8.20. The number of rotatable bonds is 0. The summed E-state index contributed by atoms with van der Waals surface area (Å²) in [5.74, 6) is 0. The summed E-state index contributed by atoms with van der Waals surface area (Å²) in [6.45, 7) is 0. The van der Waals surface area contributed by atoms with Crippen LogP contribution in [-0.4, -0.2) is 4.98 Å². The number of pyridine rings is 1. The van der Waals surface area contributed by atoms with Gasteiger partial charge in [-0.25, -0.2) is 0 Å². The highest BCUT2D eigenvalue weighted by molar-refractivity contribution is 7.14. The Bertz CT molecular complexity index is 675. The van der Waals surface area contributed by atoms with Gasteiger partial charge in [-0.15, -0.1) is 11.3 Å². The first-order valence-corrected chi connectivity index (χ1v) is 5.97. The van der Waals surface area contributed by atoms with E-state index in [2.05, 4.69) is 10.3 Å². The molecule has 1 aliphatic heterocycles. The number of nitrogens with one attached hydrogen (secondary N) is 1. The van der Waals surface area contributed by atoms with E-state index in [1.807, 2.05) is 23.7 Å². The van der Waals surface area contributed by atoms with Gasteiger partial charge in [0.1, 0.15) is 5.00 Å². The molecule has 0 atom stereocenters. The lowest BCUT2D eigenvalue weighted by atomic mass is 10.2. The molecule has 0 aromatic carbocycles. The van der Waals surface area contributed by atoms with Crippen LogP contribution < -0.4 is 21.6 Å². The van der Waals surface area contributed by atoms with E-state index >= 15 is 0 Å². The van der Waals surface area contributed by atoms with Crippen LogP contribution in [0.4, 0.5) is 5.00 Å². The molecule has 0 fully saturated rings. The summed E-state index contributed by atoms with van der Waals surface area (Å²) in [7, 11) is 0. The summed E-state index contributed by atoms with van der Waals surface area (Å²) in [5.41, 5.74) is 7.79. The predicted octanol–water partition coefficient (Wildman–Crippen LogP) is 1.08. The molecule has 0 radical (unpaired) electrons. The average Bonchev–Trinajstić information content (AvgIpc) is 2.69. The lowest BCUT2D eigenvalue weighted by Crippen LogP contribution is -2.32. The first kappa shape index (κ1) is 9.69. The number of nitrogens with zero attached hydrogens (tertiary/aromatic N) is 1. The van der Waals surface area contributed by atoms with Gasteiger partial charge in [-0.05, 0) is 17.5 Å². The minimum atomic E-state index is 0.606. The van der Waals surface area contributed by atoms with E-state index in [1.165, 1.54) is 0 Å². The lowest BCUT2D eigenvalue weighted by Gasteiger charge is -1.99. The number of hydrogen-bond acceptors (Lipinski definition) is 4. The molecule has 16 heavy (non-hydrogen) atoms. The lowest BCUT2D eigenvalue weighted by molar-refractivity contribution is 1.20. The highest BCUT2D eigenvalue weighted by Crippen LogP contribution is 2.26. The smallest absolute Gasteiger partial charge is 0.102 e. The van der Waals surface area contributed by atoms with E-state index < -0.39 is 0 Å². The molecule has 2 aromatic heterocycles. The zero-order valence-corrected chi connectivity index (χ0v) is 9.77. The van der Waals surface area contributed by atoms with Crippen LogP contribution in [0.5, 0.6) is 0 Å². The van der Waals surface area contributed by atoms with Crippen molar-refractivity contribution < 1.29 is 0 Å². The monoisotopic (exact) mass is 249 g/mol. The molecule has 3 rings (SSSR count). The molecular formula is C11H8ClN3S. The molecule has 2 aromatic rings. The fourth-order valence-electron chi connectivity index (χ4n) is 1.69. The third-order valence-electron chi connectivity index (χ3n) is 2.45. The predicted molar refractivity (Wildman–Crippen MR) is 67.6 cm³/mol. The minimum Gasteiger partial charge on any atom is -0.396 e. The molecule has 0 saturated heterocycles. The molecule has 3 nitrogen and oxygen atoms in total.